The molecule has 0 radical (unpaired) electrons. The molecule has 1 heterocycles. The summed E-state index contributed by atoms with van der Waals surface area (Å²) < 4.78 is 0. The van der Waals surface area contributed by atoms with Crippen LogP contribution in [0.25, 0.3) is 0 Å². The van der Waals surface area contributed by atoms with Crippen LogP contribution in [0.15, 0.2) is 66.0 Å². The van der Waals surface area contributed by atoms with Gasteiger partial charge in [-0.25, -0.2) is 4.79 Å². The Morgan fingerprint density at radius 2 is 1.32 bits per heavy atom. The van der Waals surface area contributed by atoms with Crippen molar-refractivity contribution in [3.05, 3.63) is 76.5 Å². The summed E-state index contributed by atoms with van der Waals surface area (Å²) in [6.07, 6.45) is 0. The van der Waals surface area contributed by atoms with Gasteiger partial charge in [0.15, 0.2) is 0 Å². The standard InChI is InChI=1S/C19H17N3O2S/c1-13-11-12-25-17(13)18(23)20-15-7-9-16(10-8-15)22-19(24)21-14-5-3-2-4-6-14/h2-12H,1H3,(H,20,23)(H2,21,22,24). The molecule has 0 atom stereocenters. The van der Waals surface area contributed by atoms with Crippen LogP contribution < -0.4 is 16.0 Å². The van der Waals surface area contributed by atoms with Crippen LogP contribution in [0.1, 0.15) is 15.2 Å². The molecule has 1 aromatic heterocycles. The van der Waals surface area contributed by atoms with Gasteiger partial charge < -0.3 is 16.0 Å². The van der Waals surface area contributed by atoms with Gasteiger partial charge in [0.05, 0.1) is 4.88 Å². The number of carbonyl (C=O) groups is 2. The Kier molecular flexibility index (Phi) is 5.11. The van der Waals surface area contributed by atoms with E-state index in [0.717, 1.165) is 11.3 Å². The van der Waals surface area contributed by atoms with E-state index >= 15 is 0 Å². The molecule has 0 saturated heterocycles. The molecule has 0 aliphatic rings. The van der Waals surface area contributed by atoms with Crippen molar-refractivity contribution in [2.75, 3.05) is 16.0 Å². The van der Waals surface area contributed by atoms with Crippen LogP contribution in [0.5, 0.6) is 0 Å². The highest BCUT2D eigenvalue weighted by Gasteiger charge is 2.10. The van der Waals surface area contributed by atoms with Gasteiger partial charge in [-0.3, -0.25) is 4.79 Å². The van der Waals surface area contributed by atoms with E-state index in [2.05, 4.69) is 16.0 Å². The van der Waals surface area contributed by atoms with E-state index < -0.39 is 0 Å². The first kappa shape index (κ1) is 16.7. The number of hydrogen-bond acceptors (Lipinski definition) is 3. The number of urea groups is 1. The minimum atomic E-state index is -0.322. The molecule has 0 unspecified atom stereocenters. The molecular weight excluding hydrogens is 334 g/mol. The molecule has 0 fully saturated rings. The lowest BCUT2D eigenvalue weighted by Gasteiger charge is -2.09. The van der Waals surface area contributed by atoms with Crippen LogP contribution in [-0.2, 0) is 0 Å². The smallest absolute Gasteiger partial charge is 0.321 e. The number of amides is 3. The van der Waals surface area contributed by atoms with Gasteiger partial charge in [0.25, 0.3) is 5.91 Å². The third-order valence-corrected chi connectivity index (χ3v) is 4.52. The Labute approximate surface area is 149 Å². The summed E-state index contributed by atoms with van der Waals surface area (Å²) >= 11 is 1.41. The molecule has 126 valence electrons. The lowest BCUT2D eigenvalue weighted by Crippen LogP contribution is -2.19. The molecule has 3 amide bonds. The summed E-state index contributed by atoms with van der Waals surface area (Å²) in [4.78, 5) is 24.8. The van der Waals surface area contributed by atoms with Gasteiger partial charge in [-0.15, -0.1) is 11.3 Å². The molecule has 0 spiro atoms. The number of anilines is 3. The monoisotopic (exact) mass is 351 g/mol. The fourth-order valence-electron chi connectivity index (χ4n) is 2.25. The van der Waals surface area contributed by atoms with Crippen molar-refractivity contribution in [3.63, 3.8) is 0 Å². The molecular formula is C19H17N3O2S. The summed E-state index contributed by atoms with van der Waals surface area (Å²) in [5.74, 6) is -0.130. The van der Waals surface area contributed by atoms with Crippen molar-refractivity contribution >= 4 is 40.3 Å². The van der Waals surface area contributed by atoms with Gasteiger partial charge in [0, 0.05) is 17.1 Å². The first-order chi connectivity index (χ1) is 12.1. The molecule has 0 bridgehead atoms. The van der Waals surface area contributed by atoms with E-state index in [1.807, 2.05) is 48.7 Å². The van der Waals surface area contributed by atoms with Gasteiger partial charge in [-0.2, -0.15) is 0 Å². The molecule has 3 aromatic rings. The van der Waals surface area contributed by atoms with Crippen LogP contribution in [0.3, 0.4) is 0 Å². The summed E-state index contributed by atoms with van der Waals surface area (Å²) in [5.41, 5.74) is 2.99. The minimum absolute atomic E-state index is 0.130. The second-order valence-corrected chi connectivity index (χ2v) is 6.33. The average molecular weight is 351 g/mol. The van der Waals surface area contributed by atoms with Crippen LogP contribution in [0, 0.1) is 6.92 Å². The van der Waals surface area contributed by atoms with E-state index in [1.165, 1.54) is 11.3 Å². The number of nitrogens with one attached hydrogen (secondary N) is 3. The maximum Gasteiger partial charge on any atom is 0.323 e. The van der Waals surface area contributed by atoms with Crippen LogP contribution in [0.4, 0.5) is 21.9 Å². The lowest BCUT2D eigenvalue weighted by molar-refractivity contribution is 0.103. The summed E-state index contributed by atoms with van der Waals surface area (Å²) in [7, 11) is 0. The van der Waals surface area contributed by atoms with E-state index in [0.29, 0.717) is 16.3 Å². The van der Waals surface area contributed by atoms with Gasteiger partial charge in [-0.1, -0.05) is 18.2 Å². The molecule has 5 nitrogen and oxygen atoms in total. The highest BCUT2D eigenvalue weighted by molar-refractivity contribution is 7.12. The molecule has 0 aliphatic heterocycles. The molecule has 6 heteroatoms. The number of aryl methyl sites for hydroxylation is 1. The van der Waals surface area contributed by atoms with E-state index in [4.69, 9.17) is 0 Å². The topological polar surface area (TPSA) is 70.2 Å². The fourth-order valence-corrected chi connectivity index (χ4v) is 3.07. The fraction of sp³-hybridized carbons (Fsp3) is 0.0526. The Balaban J connectivity index is 1.58. The summed E-state index contributed by atoms with van der Waals surface area (Å²) in [5, 5.41) is 10.2. The first-order valence-electron chi connectivity index (χ1n) is 7.70. The largest absolute Gasteiger partial charge is 0.323 e. The second kappa shape index (κ2) is 7.63. The highest BCUT2D eigenvalue weighted by Crippen LogP contribution is 2.19. The maximum atomic E-state index is 12.2. The zero-order valence-electron chi connectivity index (χ0n) is 13.6. The zero-order valence-corrected chi connectivity index (χ0v) is 14.4. The van der Waals surface area contributed by atoms with Crippen molar-refractivity contribution in [2.24, 2.45) is 0 Å². The Morgan fingerprint density at radius 1 is 0.760 bits per heavy atom. The third kappa shape index (κ3) is 4.45. The minimum Gasteiger partial charge on any atom is -0.321 e. The Bertz CT molecular complexity index is 873. The highest BCUT2D eigenvalue weighted by atomic mass is 32.1. The Morgan fingerprint density at radius 3 is 1.88 bits per heavy atom. The lowest BCUT2D eigenvalue weighted by atomic mass is 10.2. The normalized spacial score (nSPS) is 10.1. The summed E-state index contributed by atoms with van der Waals surface area (Å²) in [6.45, 7) is 1.91. The predicted molar refractivity (Wildman–Crippen MR) is 103 cm³/mol. The molecule has 3 N–H and O–H groups in total. The van der Waals surface area contributed by atoms with Crippen molar-refractivity contribution in [3.8, 4) is 0 Å². The number of benzene rings is 2. The molecule has 25 heavy (non-hydrogen) atoms. The van der Waals surface area contributed by atoms with Crippen molar-refractivity contribution in [1.29, 1.82) is 0 Å². The van der Waals surface area contributed by atoms with Crippen molar-refractivity contribution in [2.45, 2.75) is 6.92 Å². The zero-order chi connectivity index (χ0) is 17.6. The third-order valence-electron chi connectivity index (χ3n) is 3.50. The average Bonchev–Trinajstić information content (AvgIpc) is 3.03. The van der Waals surface area contributed by atoms with Gasteiger partial charge in [-0.05, 0) is 60.3 Å². The molecule has 0 saturated carbocycles. The molecule has 3 rings (SSSR count). The van der Waals surface area contributed by atoms with Crippen molar-refractivity contribution < 1.29 is 9.59 Å². The number of rotatable bonds is 4. The van der Waals surface area contributed by atoms with Crippen LogP contribution >= 0.6 is 11.3 Å². The predicted octanol–water partition coefficient (Wildman–Crippen LogP) is 4.95. The number of carbonyl (C=O) groups excluding carboxylic acids is 2. The van der Waals surface area contributed by atoms with Gasteiger partial charge >= 0.3 is 6.03 Å². The quantitative estimate of drug-likeness (QED) is 0.622. The number of hydrogen-bond donors (Lipinski definition) is 3. The van der Waals surface area contributed by atoms with Gasteiger partial charge in [0.2, 0.25) is 0 Å². The number of para-hydroxylation sites is 1. The van der Waals surface area contributed by atoms with E-state index in [-0.39, 0.29) is 11.9 Å². The van der Waals surface area contributed by atoms with Crippen molar-refractivity contribution in [1.82, 2.24) is 0 Å². The first-order valence-corrected chi connectivity index (χ1v) is 8.58. The van der Waals surface area contributed by atoms with Crippen LogP contribution in [0.2, 0.25) is 0 Å². The van der Waals surface area contributed by atoms with E-state index in [9.17, 15) is 9.59 Å². The maximum absolute atomic E-state index is 12.2. The molecule has 2 aromatic carbocycles. The Hall–Kier alpha value is -3.12. The van der Waals surface area contributed by atoms with Gasteiger partial charge in [0.1, 0.15) is 0 Å². The summed E-state index contributed by atoms with van der Waals surface area (Å²) in [6, 6.07) is 17.8. The van der Waals surface area contributed by atoms with E-state index in [1.54, 1.807) is 24.3 Å². The number of thiophene rings is 1. The van der Waals surface area contributed by atoms with Crippen LogP contribution in [-0.4, -0.2) is 11.9 Å². The SMILES string of the molecule is Cc1ccsc1C(=O)Nc1ccc(NC(=O)Nc2ccccc2)cc1. The molecule has 0 aliphatic carbocycles. The second-order valence-electron chi connectivity index (χ2n) is 5.41.